The van der Waals surface area contributed by atoms with E-state index in [1.807, 2.05) is 29.6 Å². The van der Waals surface area contributed by atoms with Crippen molar-refractivity contribution in [3.05, 3.63) is 88.1 Å². The van der Waals surface area contributed by atoms with Crippen molar-refractivity contribution in [2.45, 2.75) is 26.3 Å². The Morgan fingerprint density at radius 3 is 2.39 bits per heavy atom. The molecule has 3 aromatic rings. The Labute approximate surface area is 188 Å². The molecule has 2 aromatic carbocycles. The third-order valence-corrected chi connectivity index (χ3v) is 6.14. The molecule has 0 fully saturated rings. The summed E-state index contributed by atoms with van der Waals surface area (Å²) < 4.78 is 0. The summed E-state index contributed by atoms with van der Waals surface area (Å²) in [6.07, 6.45) is 0.875. The molecular formula is C25H29N3O2S. The maximum Gasteiger partial charge on any atom is 0.265 e. The zero-order valence-corrected chi connectivity index (χ0v) is 18.8. The summed E-state index contributed by atoms with van der Waals surface area (Å²) in [5.74, 6) is -0.311. The summed E-state index contributed by atoms with van der Waals surface area (Å²) in [5, 5.41) is 7.80. The molecule has 6 heteroatoms. The van der Waals surface area contributed by atoms with Gasteiger partial charge in [-0.2, -0.15) is 0 Å². The molecule has 0 bridgehead atoms. The van der Waals surface area contributed by atoms with Crippen LogP contribution in [0, 0.1) is 0 Å². The normalized spacial score (nSPS) is 11.8. The molecule has 162 valence electrons. The largest absolute Gasteiger partial charge is 0.350 e. The molecule has 0 radical (unpaired) electrons. The van der Waals surface area contributed by atoms with Gasteiger partial charge >= 0.3 is 0 Å². The van der Waals surface area contributed by atoms with E-state index in [4.69, 9.17) is 0 Å². The molecule has 1 aromatic heterocycles. The van der Waals surface area contributed by atoms with Crippen LogP contribution in [-0.2, 0) is 6.42 Å². The monoisotopic (exact) mass is 435 g/mol. The van der Waals surface area contributed by atoms with Crippen LogP contribution in [0.25, 0.3) is 0 Å². The Morgan fingerprint density at radius 2 is 1.71 bits per heavy atom. The van der Waals surface area contributed by atoms with E-state index in [0.29, 0.717) is 22.7 Å². The van der Waals surface area contributed by atoms with Crippen LogP contribution < -0.4 is 10.6 Å². The van der Waals surface area contributed by atoms with Crippen molar-refractivity contribution in [3.8, 4) is 0 Å². The van der Waals surface area contributed by atoms with E-state index in [1.54, 1.807) is 30.3 Å². The first-order chi connectivity index (χ1) is 15.1. The van der Waals surface area contributed by atoms with Crippen LogP contribution in [-0.4, -0.2) is 42.4 Å². The second-order valence-electron chi connectivity index (χ2n) is 7.29. The molecule has 0 saturated carbocycles. The fourth-order valence-electron chi connectivity index (χ4n) is 3.61. The van der Waals surface area contributed by atoms with Gasteiger partial charge in [0.2, 0.25) is 0 Å². The maximum absolute atomic E-state index is 12.8. The molecule has 1 heterocycles. The number of hydrogen-bond donors (Lipinski definition) is 2. The molecule has 0 spiro atoms. The molecule has 0 aliphatic carbocycles. The Bertz CT molecular complexity index is 969. The summed E-state index contributed by atoms with van der Waals surface area (Å²) in [4.78, 5) is 28.1. The highest BCUT2D eigenvalue weighted by atomic mass is 32.1. The summed E-state index contributed by atoms with van der Waals surface area (Å²) in [6.45, 7) is 6.69. The number of likely N-dealkylation sites (N-methyl/N-ethyl adjacent to an activating group) is 1. The Hall–Kier alpha value is -2.96. The predicted molar refractivity (Wildman–Crippen MR) is 128 cm³/mol. The molecule has 0 aliphatic heterocycles. The van der Waals surface area contributed by atoms with Gasteiger partial charge in [0.25, 0.3) is 11.8 Å². The number of benzene rings is 2. The van der Waals surface area contributed by atoms with Gasteiger partial charge in [0.15, 0.2) is 0 Å². The SMILES string of the molecule is CCN(CC)C(CNC(=O)c1cccc(NC(=O)c2cccs2)c1)Cc1ccccc1. The molecule has 31 heavy (non-hydrogen) atoms. The van der Waals surface area contributed by atoms with Crippen LogP contribution in [0.3, 0.4) is 0 Å². The smallest absolute Gasteiger partial charge is 0.265 e. The number of hydrogen-bond acceptors (Lipinski definition) is 4. The van der Waals surface area contributed by atoms with Gasteiger partial charge in [-0.25, -0.2) is 0 Å². The maximum atomic E-state index is 12.8. The Kier molecular flexibility index (Phi) is 8.38. The van der Waals surface area contributed by atoms with E-state index in [9.17, 15) is 9.59 Å². The number of amides is 2. The van der Waals surface area contributed by atoms with Gasteiger partial charge in [0, 0.05) is 23.8 Å². The van der Waals surface area contributed by atoms with Gasteiger partial charge in [-0.1, -0.05) is 56.3 Å². The van der Waals surface area contributed by atoms with E-state index in [2.05, 4.69) is 41.5 Å². The van der Waals surface area contributed by atoms with E-state index in [0.717, 1.165) is 19.5 Å². The van der Waals surface area contributed by atoms with Gasteiger partial charge in [0.1, 0.15) is 0 Å². The lowest BCUT2D eigenvalue weighted by Gasteiger charge is -2.30. The minimum atomic E-state index is -0.169. The zero-order chi connectivity index (χ0) is 22.1. The molecule has 1 unspecified atom stereocenters. The van der Waals surface area contributed by atoms with Gasteiger partial charge in [-0.3, -0.25) is 14.5 Å². The lowest BCUT2D eigenvalue weighted by atomic mass is 10.0. The molecule has 1 atom stereocenters. The van der Waals surface area contributed by atoms with Crippen LogP contribution >= 0.6 is 11.3 Å². The number of thiophene rings is 1. The summed E-state index contributed by atoms with van der Waals surface area (Å²) in [7, 11) is 0. The van der Waals surface area contributed by atoms with E-state index >= 15 is 0 Å². The van der Waals surface area contributed by atoms with Gasteiger partial charge in [-0.05, 0) is 54.7 Å². The first-order valence-corrected chi connectivity index (χ1v) is 11.5. The third kappa shape index (κ3) is 6.51. The van der Waals surface area contributed by atoms with Crippen molar-refractivity contribution in [3.63, 3.8) is 0 Å². The van der Waals surface area contributed by atoms with Crippen molar-refractivity contribution in [2.24, 2.45) is 0 Å². The lowest BCUT2D eigenvalue weighted by Crippen LogP contribution is -2.45. The molecule has 5 nitrogen and oxygen atoms in total. The van der Waals surface area contributed by atoms with Crippen molar-refractivity contribution in [2.75, 3.05) is 25.0 Å². The molecular weight excluding hydrogens is 406 g/mol. The van der Waals surface area contributed by atoms with Crippen LogP contribution in [0.1, 0.15) is 39.4 Å². The molecule has 3 rings (SSSR count). The first-order valence-electron chi connectivity index (χ1n) is 10.6. The minimum absolute atomic E-state index is 0.141. The standard InChI is InChI=1S/C25H29N3O2S/c1-3-28(4-2)22(16-19-10-6-5-7-11-19)18-26-24(29)20-12-8-13-21(17-20)27-25(30)23-14-9-15-31-23/h5-15,17,22H,3-4,16,18H2,1-2H3,(H,26,29)(H,27,30). The lowest BCUT2D eigenvalue weighted by molar-refractivity contribution is 0.0933. The van der Waals surface area contributed by atoms with Crippen molar-refractivity contribution >= 4 is 28.8 Å². The van der Waals surface area contributed by atoms with Crippen LogP contribution in [0.5, 0.6) is 0 Å². The van der Waals surface area contributed by atoms with E-state index in [1.165, 1.54) is 16.9 Å². The zero-order valence-electron chi connectivity index (χ0n) is 18.0. The molecule has 2 N–H and O–H groups in total. The van der Waals surface area contributed by atoms with Crippen molar-refractivity contribution in [1.82, 2.24) is 10.2 Å². The fourth-order valence-corrected chi connectivity index (χ4v) is 4.23. The highest BCUT2D eigenvalue weighted by molar-refractivity contribution is 7.12. The summed E-state index contributed by atoms with van der Waals surface area (Å²) in [5.41, 5.74) is 2.39. The summed E-state index contributed by atoms with van der Waals surface area (Å²) in [6, 6.07) is 21.2. The second kappa shape index (κ2) is 11.4. The molecule has 2 amide bonds. The highest BCUT2D eigenvalue weighted by Gasteiger charge is 2.18. The van der Waals surface area contributed by atoms with E-state index < -0.39 is 0 Å². The topological polar surface area (TPSA) is 61.4 Å². The molecule has 0 aliphatic rings. The second-order valence-corrected chi connectivity index (χ2v) is 8.23. The quantitative estimate of drug-likeness (QED) is 0.486. The number of anilines is 1. The molecule has 0 saturated heterocycles. The van der Waals surface area contributed by atoms with Gasteiger partial charge in [-0.15, -0.1) is 11.3 Å². The van der Waals surface area contributed by atoms with Crippen molar-refractivity contribution < 1.29 is 9.59 Å². The third-order valence-electron chi connectivity index (χ3n) is 5.27. The Balaban J connectivity index is 1.64. The van der Waals surface area contributed by atoms with Gasteiger partial charge in [0.05, 0.1) is 4.88 Å². The van der Waals surface area contributed by atoms with Crippen molar-refractivity contribution in [1.29, 1.82) is 0 Å². The minimum Gasteiger partial charge on any atom is -0.350 e. The Morgan fingerprint density at radius 1 is 0.935 bits per heavy atom. The number of carbonyl (C=O) groups excluding carboxylic acids is 2. The summed E-state index contributed by atoms with van der Waals surface area (Å²) >= 11 is 1.38. The van der Waals surface area contributed by atoms with E-state index in [-0.39, 0.29) is 17.9 Å². The van der Waals surface area contributed by atoms with Crippen LogP contribution in [0.2, 0.25) is 0 Å². The number of rotatable bonds is 10. The predicted octanol–water partition coefficient (Wildman–Crippen LogP) is 4.68. The number of carbonyl (C=O) groups is 2. The average Bonchev–Trinajstić information content (AvgIpc) is 3.34. The number of nitrogens with zero attached hydrogens (tertiary/aromatic N) is 1. The highest BCUT2D eigenvalue weighted by Crippen LogP contribution is 2.15. The van der Waals surface area contributed by atoms with Crippen LogP contribution in [0.15, 0.2) is 72.1 Å². The average molecular weight is 436 g/mol. The van der Waals surface area contributed by atoms with Crippen LogP contribution in [0.4, 0.5) is 5.69 Å². The van der Waals surface area contributed by atoms with Gasteiger partial charge < -0.3 is 10.6 Å². The number of nitrogens with one attached hydrogen (secondary N) is 2. The first kappa shape index (κ1) is 22.7. The fraction of sp³-hybridized carbons (Fsp3) is 0.280.